The molecule has 1 aliphatic heterocycles. The van der Waals surface area contributed by atoms with Gasteiger partial charge in [-0.05, 0) is 24.6 Å². The van der Waals surface area contributed by atoms with Crippen molar-refractivity contribution in [2.75, 3.05) is 19.8 Å². The molecule has 1 unspecified atom stereocenters. The number of nitrogens with zero attached hydrogens (tertiary/aromatic N) is 3. The fourth-order valence-corrected chi connectivity index (χ4v) is 3.04. The minimum atomic E-state index is -0.390. The Morgan fingerprint density at radius 1 is 1.39 bits per heavy atom. The minimum Gasteiger partial charge on any atom is -0.377 e. The third-order valence-electron chi connectivity index (χ3n) is 3.67. The molecule has 0 radical (unpaired) electrons. The monoisotopic (exact) mass is 355 g/mol. The van der Waals surface area contributed by atoms with E-state index < -0.39 is 6.04 Å². The van der Waals surface area contributed by atoms with E-state index in [2.05, 4.69) is 10.1 Å². The lowest BCUT2D eigenvalue weighted by Gasteiger charge is -2.33. The number of halogens is 2. The molecule has 3 rings (SSSR count). The van der Waals surface area contributed by atoms with Crippen molar-refractivity contribution in [1.82, 2.24) is 15.0 Å². The molecule has 122 valence electrons. The van der Waals surface area contributed by atoms with E-state index in [1.807, 2.05) is 0 Å². The van der Waals surface area contributed by atoms with Crippen LogP contribution >= 0.6 is 23.2 Å². The predicted octanol–water partition coefficient (Wildman–Crippen LogP) is 2.83. The first kappa shape index (κ1) is 16.2. The van der Waals surface area contributed by atoms with Crippen LogP contribution in [0.4, 0.5) is 0 Å². The molecule has 0 bridgehead atoms. The third kappa shape index (κ3) is 3.49. The molecular weight excluding hydrogens is 341 g/mol. The summed E-state index contributed by atoms with van der Waals surface area (Å²) in [4.78, 5) is 18.6. The van der Waals surface area contributed by atoms with Crippen molar-refractivity contribution < 1.29 is 14.1 Å². The molecule has 1 aliphatic rings. The zero-order chi connectivity index (χ0) is 16.4. The fourth-order valence-electron chi connectivity index (χ4n) is 2.51. The van der Waals surface area contributed by atoms with Gasteiger partial charge in [-0.1, -0.05) is 34.4 Å². The van der Waals surface area contributed by atoms with E-state index in [-0.39, 0.29) is 12.3 Å². The highest BCUT2D eigenvalue weighted by molar-refractivity contribution is 6.36. The lowest BCUT2D eigenvalue weighted by Crippen LogP contribution is -2.44. The predicted molar refractivity (Wildman–Crippen MR) is 84.5 cm³/mol. The Balaban J connectivity index is 1.82. The molecule has 1 aromatic heterocycles. The van der Waals surface area contributed by atoms with Crippen molar-refractivity contribution in [2.24, 2.45) is 0 Å². The molecule has 6 nitrogen and oxygen atoms in total. The van der Waals surface area contributed by atoms with E-state index in [1.165, 1.54) is 0 Å². The molecule has 1 atom stereocenters. The molecule has 2 heterocycles. The normalized spacial score (nSPS) is 18.2. The highest BCUT2D eigenvalue weighted by atomic mass is 35.5. The number of benzene rings is 1. The van der Waals surface area contributed by atoms with Gasteiger partial charge in [-0.15, -0.1) is 0 Å². The van der Waals surface area contributed by atoms with Gasteiger partial charge in [0.1, 0.15) is 6.04 Å². The molecule has 1 fully saturated rings. The quantitative estimate of drug-likeness (QED) is 0.846. The van der Waals surface area contributed by atoms with Gasteiger partial charge in [0, 0.05) is 16.6 Å². The van der Waals surface area contributed by atoms with Crippen molar-refractivity contribution in [1.29, 1.82) is 0 Å². The van der Waals surface area contributed by atoms with Crippen LogP contribution in [0.3, 0.4) is 0 Å². The highest BCUT2D eigenvalue weighted by Crippen LogP contribution is 2.28. The molecule has 0 saturated carbocycles. The van der Waals surface area contributed by atoms with Crippen LogP contribution in [0, 0.1) is 6.92 Å². The smallest absolute Gasteiger partial charge is 0.251 e. The van der Waals surface area contributed by atoms with E-state index in [4.69, 9.17) is 32.5 Å². The van der Waals surface area contributed by atoms with Gasteiger partial charge in [0.15, 0.2) is 5.82 Å². The van der Waals surface area contributed by atoms with E-state index >= 15 is 0 Å². The number of aryl methyl sites for hydroxylation is 1. The Labute approximate surface area is 143 Å². The topological polar surface area (TPSA) is 68.5 Å². The number of ether oxygens (including phenoxy) is 1. The van der Waals surface area contributed by atoms with Crippen molar-refractivity contribution in [3.05, 3.63) is 45.5 Å². The molecule has 0 N–H and O–H groups in total. The van der Waals surface area contributed by atoms with Crippen LogP contribution in [0.15, 0.2) is 22.7 Å². The highest BCUT2D eigenvalue weighted by Gasteiger charge is 2.33. The van der Waals surface area contributed by atoms with Crippen LogP contribution in [0.1, 0.15) is 23.3 Å². The summed E-state index contributed by atoms with van der Waals surface area (Å²) in [5, 5.41) is 4.73. The first-order valence-corrected chi connectivity index (χ1v) is 7.92. The van der Waals surface area contributed by atoms with Crippen LogP contribution in [0.25, 0.3) is 0 Å². The molecule has 1 amide bonds. The molecule has 0 aliphatic carbocycles. The van der Waals surface area contributed by atoms with Crippen LogP contribution in [0.2, 0.25) is 10.0 Å². The van der Waals surface area contributed by atoms with Crippen molar-refractivity contribution in [2.45, 2.75) is 19.4 Å². The fraction of sp³-hybridized carbons (Fsp3) is 0.400. The van der Waals surface area contributed by atoms with Crippen LogP contribution in [-0.2, 0) is 16.0 Å². The number of morpholine rings is 1. The van der Waals surface area contributed by atoms with Crippen LogP contribution < -0.4 is 0 Å². The summed E-state index contributed by atoms with van der Waals surface area (Å²) in [6.07, 6.45) is 0.113. The molecule has 2 aromatic rings. The molecule has 1 saturated heterocycles. The molecular formula is C15H15Cl2N3O3. The average molecular weight is 356 g/mol. The average Bonchev–Trinajstić information content (AvgIpc) is 2.97. The van der Waals surface area contributed by atoms with E-state index in [0.29, 0.717) is 47.1 Å². The van der Waals surface area contributed by atoms with Crippen LogP contribution in [-0.4, -0.2) is 40.7 Å². The first-order valence-electron chi connectivity index (χ1n) is 7.16. The maximum atomic E-state index is 12.7. The van der Waals surface area contributed by atoms with E-state index in [0.717, 1.165) is 0 Å². The summed E-state index contributed by atoms with van der Waals surface area (Å²) in [7, 11) is 0. The number of hydrogen-bond donors (Lipinski definition) is 0. The first-order chi connectivity index (χ1) is 11.1. The van der Waals surface area contributed by atoms with Gasteiger partial charge in [-0.25, -0.2) is 0 Å². The van der Waals surface area contributed by atoms with Crippen LogP contribution in [0.5, 0.6) is 0 Å². The standard InChI is InChI=1S/C15H15Cl2N3O3/c1-9-18-15(23-19-9)13-8-22-6-5-20(13)14(21)7-10-11(16)3-2-4-12(10)17/h2-4,13H,5-8H2,1H3. The number of rotatable bonds is 3. The Hall–Kier alpha value is -1.63. The van der Waals surface area contributed by atoms with Gasteiger partial charge >= 0.3 is 0 Å². The number of carbonyl (C=O) groups is 1. The Morgan fingerprint density at radius 2 is 2.13 bits per heavy atom. The summed E-state index contributed by atoms with van der Waals surface area (Å²) in [6, 6.07) is 4.79. The summed E-state index contributed by atoms with van der Waals surface area (Å²) in [6.45, 7) is 2.97. The molecule has 0 spiro atoms. The number of carbonyl (C=O) groups excluding carboxylic acids is 1. The molecule has 8 heteroatoms. The van der Waals surface area contributed by atoms with E-state index in [9.17, 15) is 4.79 Å². The Morgan fingerprint density at radius 3 is 2.78 bits per heavy atom. The third-order valence-corrected chi connectivity index (χ3v) is 4.38. The maximum absolute atomic E-state index is 12.7. The maximum Gasteiger partial charge on any atom is 0.251 e. The van der Waals surface area contributed by atoms with Gasteiger partial charge < -0.3 is 14.2 Å². The largest absolute Gasteiger partial charge is 0.377 e. The second-order valence-corrected chi connectivity index (χ2v) is 6.05. The lowest BCUT2D eigenvalue weighted by molar-refractivity contribution is -0.140. The van der Waals surface area contributed by atoms with Crippen molar-refractivity contribution in [3.8, 4) is 0 Å². The Kier molecular flexibility index (Phi) is 4.84. The van der Waals surface area contributed by atoms with Gasteiger partial charge in [0.2, 0.25) is 5.91 Å². The molecule has 23 heavy (non-hydrogen) atoms. The second kappa shape index (κ2) is 6.86. The number of aromatic nitrogens is 2. The van der Waals surface area contributed by atoms with Crippen molar-refractivity contribution >= 4 is 29.1 Å². The summed E-state index contributed by atoms with van der Waals surface area (Å²) >= 11 is 12.3. The zero-order valence-corrected chi connectivity index (χ0v) is 14.0. The van der Waals surface area contributed by atoms with Gasteiger partial charge in [0.25, 0.3) is 5.89 Å². The number of amides is 1. The summed E-state index contributed by atoms with van der Waals surface area (Å²) in [5.74, 6) is 0.789. The SMILES string of the molecule is Cc1noc(C2COCCN2C(=O)Cc2c(Cl)cccc2Cl)n1. The number of hydrogen-bond acceptors (Lipinski definition) is 5. The van der Waals surface area contributed by atoms with E-state index in [1.54, 1.807) is 30.0 Å². The lowest BCUT2D eigenvalue weighted by atomic mass is 10.1. The van der Waals surface area contributed by atoms with Crippen molar-refractivity contribution in [3.63, 3.8) is 0 Å². The summed E-state index contributed by atoms with van der Waals surface area (Å²) in [5.41, 5.74) is 0.618. The minimum absolute atomic E-state index is 0.107. The second-order valence-electron chi connectivity index (χ2n) is 5.23. The Bertz CT molecular complexity index is 699. The zero-order valence-electron chi connectivity index (χ0n) is 12.5. The molecule has 1 aromatic carbocycles. The van der Waals surface area contributed by atoms with Gasteiger partial charge in [-0.2, -0.15) is 4.98 Å². The van der Waals surface area contributed by atoms with Gasteiger partial charge in [0.05, 0.1) is 19.6 Å². The summed E-state index contributed by atoms with van der Waals surface area (Å²) < 4.78 is 10.6. The van der Waals surface area contributed by atoms with Gasteiger partial charge in [-0.3, -0.25) is 4.79 Å².